The molecule has 2 aliphatic rings. The van der Waals surface area contributed by atoms with Gasteiger partial charge < -0.3 is 20.1 Å². The smallest absolute Gasteiger partial charge is 0.317 e. The van der Waals surface area contributed by atoms with Gasteiger partial charge in [0, 0.05) is 13.1 Å². The van der Waals surface area contributed by atoms with Crippen LogP contribution in [0.1, 0.15) is 31.7 Å². The van der Waals surface area contributed by atoms with Crippen molar-refractivity contribution < 1.29 is 19.4 Å². The highest BCUT2D eigenvalue weighted by atomic mass is 16.5. The van der Waals surface area contributed by atoms with Gasteiger partial charge in [-0.2, -0.15) is 0 Å². The normalized spacial score (nSPS) is 26.3. The lowest BCUT2D eigenvalue weighted by Gasteiger charge is -2.24. The Bertz CT molecular complexity index is 621. The van der Waals surface area contributed by atoms with E-state index in [9.17, 15) is 14.7 Å². The number of nitrogens with one attached hydrogen (secondary N) is 1. The number of rotatable bonds is 6. The average molecular weight is 346 g/mol. The van der Waals surface area contributed by atoms with Crippen LogP contribution in [0.4, 0.5) is 4.79 Å². The van der Waals surface area contributed by atoms with Crippen molar-refractivity contribution in [3.8, 4) is 0 Å². The Morgan fingerprint density at radius 1 is 1.40 bits per heavy atom. The third-order valence-electron chi connectivity index (χ3n) is 5.43. The van der Waals surface area contributed by atoms with Crippen molar-refractivity contribution in [2.75, 3.05) is 19.7 Å². The Kier molecular flexibility index (Phi) is 5.27. The van der Waals surface area contributed by atoms with Crippen molar-refractivity contribution in [2.24, 2.45) is 11.3 Å². The number of carbonyl (C=O) groups excluding carboxylic acids is 1. The van der Waals surface area contributed by atoms with Gasteiger partial charge in [-0.3, -0.25) is 4.79 Å². The highest BCUT2D eigenvalue weighted by molar-refractivity contribution is 5.80. The van der Waals surface area contributed by atoms with Crippen molar-refractivity contribution in [3.05, 3.63) is 35.9 Å². The van der Waals surface area contributed by atoms with E-state index >= 15 is 0 Å². The van der Waals surface area contributed by atoms with Gasteiger partial charge in [0.15, 0.2) is 0 Å². The number of fused-ring (bicyclic) bond motifs is 1. The zero-order chi connectivity index (χ0) is 17.9. The van der Waals surface area contributed by atoms with E-state index in [0.29, 0.717) is 32.7 Å². The minimum absolute atomic E-state index is 0.0837. The Morgan fingerprint density at radius 2 is 2.16 bits per heavy atom. The fourth-order valence-corrected chi connectivity index (χ4v) is 4.07. The quantitative estimate of drug-likeness (QED) is 0.829. The molecule has 1 aromatic carbocycles. The first kappa shape index (κ1) is 17.7. The van der Waals surface area contributed by atoms with Gasteiger partial charge in [0.1, 0.15) is 0 Å². The van der Waals surface area contributed by atoms with Crippen molar-refractivity contribution in [3.63, 3.8) is 0 Å². The molecule has 0 radical (unpaired) electrons. The van der Waals surface area contributed by atoms with Crippen molar-refractivity contribution in [1.82, 2.24) is 10.2 Å². The summed E-state index contributed by atoms with van der Waals surface area (Å²) >= 11 is 0. The number of carbonyl (C=O) groups is 2. The van der Waals surface area contributed by atoms with E-state index < -0.39 is 11.4 Å². The molecule has 1 heterocycles. The van der Waals surface area contributed by atoms with Gasteiger partial charge in [0.2, 0.25) is 0 Å². The van der Waals surface area contributed by atoms with E-state index in [4.69, 9.17) is 4.74 Å². The summed E-state index contributed by atoms with van der Waals surface area (Å²) < 4.78 is 5.65. The Balaban J connectivity index is 1.45. The second kappa shape index (κ2) is 7.44. The Labute approximate surface area is 148 Å². The van der Waals surface area contributed by atoms with Gasteiger partial charge in [-0.15, -0.1) is 0 Å². The first-order chi connectivity index (χ1) is 12.0. The molecular weight excluding hydrogens is 320 g/mol. The molecule has 6 nitrogen and oxygen atoms in total. The zero-order valence-corrected chi connectivity index (χ0v) is 14.6. The second-order valence-corrected chi connectivity index (χ2v) is 7.28. The van der Waals surface area contributed by atoms with Crippen LogP contribution < -0.4 is 5.32 Å². The Morgan fingerprint density at radius 3 is 2.84 bits per heavy atom. The summed E-state index contributed by atoms with van der Waals surface area (Å²) in [5.74, 6) is -0.676. The first-order valence-corrected chi connectivity index (χ1v) is 8.92. The highest BCUT2D eigenvalue weighted by Gasteiger charge is 2.55. The van der Waals surface area contributed by atoms with Gasteiger partial charge in [-0.1, -0.05) is 36.8 Å². The molecule has 3 atom stereocenters. The number of carboxylic acid groups (broad SMARTS) is 1. The van der Waals surface area contributed by atoms with Gasteiger partial charge in [-0.05, 0) is 31.2 Å². The van der Waals surface area contributed by atoms with Crippen molar-refractivity contribution in [2.45, 2.75) is 38.8 Å². The van der Waals surface area contributed by atoms with Crippen molar-refractivity contribution >= 4 is 12.0 Å². The number of urea groups is 1. The van der Waals surface area contributed by atoms with Crippen LogP contribution in [-0.4, -0.2) is 47.7 Å². The molecule has 1 saturated heterocycles. The van der Waals surface area contributed by atoms with Crippen LogP contribution in [0.25, 0.3) is 0 Å². The summed E-state index contributed by atoms with van der Waals surface area (Å²) in [7, 11) is 0. The van der Waals surface area contributed by atoms with Gasteiger partial charge in [-0.25, -0.2) is 4.79 Å². The Hall–Kier alpha value is -2.08. The molecule has 136 valence electrons. The predicted molar refractivity (Wildman–Crippen MR) is 93.1 cm³/mol. The van der Waals surface area contributed by atoms with Gasteiger partial charge in [0.25, 0.3) is 0 Å². The summed E-state index contributed by atoms with van der Waals surface area (Å²) in [6.07, 6.45) is 2.51. The summed E-state index contributed by atoms with van der Waals surface area (Å²) in [5.41, 5.74) is 0.362. The molecule has 1 saturated carbocycles. The largest absolute Gasteiger partial charge is 0.481 e. The minimum atomic E-state index is -0.760. The van der Waals surface area contributed by atoms with Crippen LogP contribution in [0, 0.1) is 11.3 Å². The molecule has 25 heavy (non-hydrogen) atoms. The van der Waals surface area contributed by atoms with Crippen LogP contribution >= 0.6 is 0 Å². The maximum absolute atomic E-state index is 12.5. The predicted octanol–water partition coefficient (Wildman–Crippen LogP) is 2.49. The van der Waals surface area contributed by atoms with Crippen LogP contribution in [0.3, 0.4) is 0 Å². The topological polar surface area (TPSA) is 78.9 Å². The fourth-order valence-electron chi connectivity index (χ4n) is 4.07. The van der Waals surface area contributed by atoms with Crippen LogP contribution in [-0.2, 0) is 16.1 Å². The third kappa shape index (κ3) is 3.79. The highest BCUT2D eigenvalue weighted by Crippen LogP contribution is 2.48. The lowest BCUT2D eigenvalue weighted by Crippen LogP contribution is -2.46. The van der Waals surface area contributed by atoms with E-state index in [0.717, 1.165) is 18.4 Å². The van der Waals surface area contributed by atoms with Gasteiger partial charge >= 0.3 is 12.0 Å². The number of amides is 2. The van der Waals surface area contributed by atoms with E-state index in [1.165, 1.54) is 0 Å². The number of hydrogen-bond donors (Lipinski definition) is 2. The molecule has 3 rings (SSSR count). The summed E-state index contributed by atoms with van der Waals surface area (Å²) in [6.45, 7) is 3.68. The minimum Gasteiger partial charge on any atom is -0.481 e. The van der Waals surface area contributed by atoms with Crippen LogP contribution in [0.15, 0.2) is 30.3 Å². The number of hydrogen-bond acceptors (Lipinski definition) is 3. The molecule has 0 bridgehead atoms. The number of likely N-dealkylation sites (tertiary alicyclic amines) is 1. The number of nitrogens with zero attached hydrogens (tertiary/aromatic N) is 1. The summed E-state index contributed by atoms with van der Waals surface area (Å²) in [4.78, 5) is 25.8. The molecule has 1 aliphatic carbocycles. The fraction of sp³-hybridized carbons (Fsp3) is 0.579. The molecule has 2 fully saturated rings. The third-order valence-corrected chi connectivity index (χ3v) is 5.43. The lowest BCUT2D eigenvalue weighted by molar-refractivity contribution is -0.149. The van der Waals surface area contributed by atoms with E-state index in [1.54, 1.807) is 4.90 Å². The van der Waals surface area contributed by atoms with Crippen LogP contribution in [0.2, 0.25) is 0 Å². The molecule has 2 N–H and O–H groups in total. The first-order valence-electron chi connectivity index (χ1n) is 8.92. The van der Waals surface area contributed by atoms with Crippen molar-refractivity contribution in [1.29, 1.82) is 0 Å². The number of carboxylic acids is 1. The van der Waals surface area contributed by atoms with E-state index in [2.05, 4.69) is 5.32 Å². The molecular formula is C19H26N2O4. The summed E-state index contributed by atoms with van der Waals surface area (Å²) in [5, 5.41) is 12.5. The SMILES string of the molecule is CC(COCc1ccccc1)NC(=O)N1C[C@@H]2CCC[C@@]2(C(=O)O)C1. The molecule has 0 spiro atoms. The van der Waals surface area contributed by atoms with E-state index in [1.807, 2.05) is 37.3 Å². The lowest BCUT2D eigenvalue weighted by atomic mass is 9.81. The average Bonchev–Trinajstić information content (AvgIpc) is 3.14. The maximum Gasteiger partial charge on any atom is 0.317 e. The number of ether oxygens (including phenoxy) is 1. The maximum atomic E-state index is 12.5. The van der Waals surface area contributed by atoms with Gasteiger partial charge in [0.05, 0.1) is 24.7 Å². The standard InChI is InChI=1S/C19H26N2O4/c1-14(11-25-12-15-6-3-2-4-7-15)20-18(24)21-10-16-8-5-9-19(16,13-21)17(22)23/h2-4,6-7,14,16H,5,8-13H2,1H3,(H,20,24)(H,22,23)/t14?,16-,19+/m0/s1. The number of aliphatic carboxylic acids is 1. The summed E-state index contributed by atoms with van der Waals surface area (Å²) in [6, 6.07) is 9.57. The second-order valence-electron chi connectivity index (χ2n) is 7.28. The zero-order valence-electron chi connectivity index (χ0n) is 14.6. The molecule has 1 aliphatic heterocycles. The molecule has 6 heteroatoms. The number of benzene rings is 1. The molecule has 0 aromatic heterocycles. The molecule has 1 aromatic rings. The monoisotopic (exact) mass is 346 g/mol. The van der Waals surface area contributed by atoms with E-state index in [-0.39, 0.29) is 18.0 Å². The molecule has 2 amide bonds. The molecule has 1 unspecified atom stereocenters. The van der Waals surface area contributed by atoms with Crippen LogP contribution in [0.5, 0.6) is 0 Å².